The molecular weight excluding hydrogens is 422 g/mol. The molecule has 0 saturated heterocycles. The summed E-state index contributed by atoms with van der Waals surface area (Å²) in [5.41, 5.74) is 4.27. The number of amides is 1. The number of nitrogens with zero attached hydrogens (tertiary/aromatic N) is 2. The second kappa shape index (κ2) is 9.79. The van der Waals surface area contributed by atoms with E-state index in [1.54, 1.807) is 7.11 Å². The molecule has 1 aromatic heterocycles. The quantitative estimate of drug-likeness (QED) is 0.357. The first-order valence-electron chi connectivity index (χ1n) is 11.5. The highest BCUT2D eigenvalue weighted by molar-refractivity contribution is 5.83. The van der Waals surface area contributed by atoms with Gasteiger partial charge in [-0.05, 0) is 52.2 Å². The van der Waals surface area contributed by atoms with E-state index in [9.17, 15) is 4.79 Å². The van der Waals surface area contributed by atoms with Gasteiger partial charge in [0.15, 0.2) is 0 Å². The van der Waals surface area contributed by atoms with Crippen LogP contribution in [0.1, 0.15) is 17.0 Å². The number of benzene rings is 4. The van der Waals surface area contributed by atoms with E-state index >= 15 is 0 Å². The Balaban J connectivity index is 1.29. The van der Waals surface area contributed by atoms with Crippen LogP contribution in [0, 0.1) is 0 Å². The molecule has 170 valence electrons. The lowest BCUT2D eigenvalue weighted by Crippen LogP contribution is -2.28. The Morgan fingerprint density at radius 2 is 1.62 bits per heavy atom. The van der Waals surface area contributed by atoms with Gasteiger partial charge in [-0.3, -0.25) is 4.79 Å². The van der Waals surface area contributed by atoms with Crippen molar-refractivity contribution < 1.29 is 9.53 Å². The number of carbonyl (C=O) groups excluding carboxylic acids is 1. The number of carbonyl (C=O) groups is 1. The molecule has 0 aliphatic heterocycles. The van der Waals surface area contributed by atoms with Crippen molar-refractivity contribution in [3.8, 4) is 5.75 Å². The molecule has 0 aliphatic carbocycles. The van der Waals surface area contributed by atoms with E-state index in [0.29, 0.717) is 19.4 Å². The van der Waals surface area contributed by atoms with Crippen LogP contribution in [0.2, 0.25) is 0 Å². The van der Waals surface area contributed by atoms with Gasteiger partial charge in [0, 0.05) is 19.5 Å². The molecule has 1 heterocycles. The highest BCUT2D eigenvalue weighted by Gasteiger charge is 2.12. The summed E-state index contributed by atoms with van der Waals surface area (Å²) in [5.74, 6) is 1.76. The molecule has 0 aliphatic rings. The molecule has 0 saturated carbocycles. The minimum atomic E-state index is 0.00218. The molecule has 4 aromatic carbocycles. The lowest BCUT2D eigenvalue weighted by molar-refractivity contribution is -0.120. The smallest absolute Gasteiger partial charge is 0.224 e. The van der Waals surface area contributed by atoms with Crippen LogP contribution in [-0.2, 0) is 24.2 Å². The molecule has 5 rings (SSSR count). The molecule has 0 atom stereocenters. The second-order valence-corrected chi connectivity index (χ2v) is 8.41. The second-order valence-electron chi connectivity index (χ2n) is 8.41. The van der Waals surface area contributed by atoms with Gasteiger partial charge in [0.1, 0.15) is 11.6 Å². The predicted octanol–water partition coefficient (Wildman–Crippen LogP) is 5.15. The van der Waals surface area contributed by atoms with Crippen LogP contribution in [0.3, 0.4) is 0 Å². The Morgan fingerprint density at radius 3 is 2.44 bits per heavy atom. The minimum Gasteiger partial charge on any atom is -0.497 e. The van der Waals surface area contributed by atoms with Gasteiger partial charge in [0.2, 0.25) is 5.91 Å². The third kappa shape index (κ3) is 4.79. The van der Waals surface area contributed by atoms with Crippen LogP contribution in [0.4, 0.5) is 0 Å². The van der Waals surface area contributed by atoms with E-state index in [-0.39, 0.29) is 5.91 Å². The van der Waals surface area contributed by atoms with Crippen LogP contribution in [0.15, 0.2) is 91.0 Å². The number of rotatable bonds is 8. The van der Waals surface area contributed by atoms with Crippen molar-refractivity contribution in [1.29, 1.82) is 0 Å². The zero-order chi connectivity index (χ0) is 23.3. The highest BCUT2D eigenvalue weighted by atomic mass is 16.5. The first-order chi connectivity index (χ1) is 16.7. The van der Waals surface area contributed by atoms with Crippen LogP contribution in [0.5, 0.6) is 5.75 Å². The maximum Gasteiger partial charge on any atom is 0.224 e. The monoisotopic (exact) mass is 449 g/mol. The third-order valence-electron chi connectivity index (χ3n) is 6.08. The van der Waals surface area contributed by atoms with Gasteiger partial charge in [0.25, 0.3) is 0 Å². The first-order valence-corrected chi connectivity index (χ1v) is 11.5. The summed E-state index contributed by atoms with van der Waals surface area (Å²) in [7, 11) is 1.63. The third-order valence-corrected chi connectivity index (χ3v) is 6.08. The van der Waals surface area contributed by atoms with Crippen molar-refractivity contribution in [1.82, 2.24) is 14.9 Å². The SMILES string of the molecule is COc1ccc(CC(=O)NCCc2nc3ccccc3n2Cc2ccc3ccccc3c2)cc1. The fraction of sp³-hybridized carbons (Fsp3) is 0.172. The fourth-order valence-corrected chi connectivity index (χ4v) is 4.32. The zero-order valence-corrected chi connectivity index (χ0v) is 19.2. The van der Waals surface area contributed by atoms with Crippen LogP contribution in [-0.4, -0.2) is 29.1 Å². The largest absolute Gasteiger partial charge is 0.497 e. The van der Waals surface area contributed by atoms with Crippen LogP contribution < -0.4 is 10.1 Å². The van der Waals surface area contributed by atoms with Crippen molar-refractivity contribution in [2.24, 2.45) is 0 Å². The molecule has 5 aromatic rings. The molecule has 1 amide bonds. The molecule has 0 unspecified atom stereocenters. The van der Waals surface area contributed by atoms with Crippen molar-refractivity contribution in [2.75, 3.05) is 13.7 Å². The molecular formula is C29H27N3O2. The van der Waals surface area contributed by atoms with E-state index in [1.165, 1.54) is 16.3 Å². The molecule has 34 heavy (non-hydrogen) atoms. The summed E-state index contributed by atoms with van der Waals surface area (Å²) >= 11 is 0. The topological polar surface area (TPSA) is 56.1 Å². The van der Waals surface area contributed by atoms with Gasteiger partial charge in [-0.2, -0.15) is 0 Å². The van der Waals surface area contributed by atoms with Gasteiger partial charge >= 0.3 is 0 Å². The number of para-hydroxylation sites is 2. The predicted molar refractivity (Wildman–Crippen MR) is 136 cm³/mol. The summed E-state index contributed by atoms with van der Waals surface area (Å²) in [6.45, 7) is 1.27. The zero-order valence-electron chi connectivity index (χ0n) is 19.2. The summed E-state index contributed by atoms with van der Waals surface area (Å²) in [6.07, 6.45) is 1.01. The Labute approximate surface area is 199 Å². The lowest BCUT2D eigenvalue weighted by Gasteiger charge is -2.11. The van der Waals surface area contributed by atoms with Gasteiger partial charge in [0.05, 0.1) is 24.6 Å². The van der Waals surface area contributed by atoms with Gasteiger partial charge in [-0.15, -0.1) is 0 Å². The van der Waals surface area contributed by atoms with Gasteiger partial charge in [-0.25, -0.2) is 4.98 Å². The summed E-state index contributed by atoms with van der Waals surface area (Å²) in [5, 5.41) is 5.51. The first kappa shape index (κ1) is 21.7. The highest BCUT2D eigenvalue weighted by Crippen LogP contribution is 2.21. The molecule has 0 bridgehead atoms. The molecule has 5 nitrogen and oxygen atoms in total. The van der Waals surface area contributed by atoms with E-state index in [1.807, 2.05) is 42.5 Å². The normalized spacial score (nSPS) is 11.1. The number of hydrogen-bond acceptors (Lipinski definition) is 3. The van der Waals surface area contributed by atoms with Crippen molar-refractivity contribution >= 4 is 27.7 Å². The Bertz CT molecular complexity index is 1440. The van der Waals surface area contributed by atoms with E-state index in [4.69, 9.17) is 9.72 Å². The molecule has 1 N–H and O–H groups in total. The van der Waals surface area contributed by atoms with E-state index in [2.05, 4.69) is 58.4 Å². The summed E-state index contributed by atoms with van der Waals surface area (Å²) < 4.78 is 7.44. The molecule has 0 radical (unpaired) electrons. The molecule has 0 spiro atoms. The van der Waals surface area contributed by atoms with Crippen molar-refractivity contribution in [3.63, 3.8) is 0 Å². The number of fused-ring (bicyclic) bond motifs is 2. The number of ether oxygens (including phenoxy) is 1. The Kier molecular flexibility index (Phi) is 6.25. The van der Waals surface area contributed by atoms with Crippen molar-refractivity contribution in [3.05, 3.63) is 108 Å². The number of nitrogens with one attached hydrogen (secondary N) is 1. The number of methoxy groups -OCH3 is 1. The van der Waals surface area contributed by atoms with Crippen LogP contribution >= 0.6 is 0 Å². The minimum absolute atomic E-state index is 0.00218. The maximum atomic E-state index is 12.5. The summed E-state index contributed by atoms with van der Waals surface area (Å²) in [6, 6.07) is 30.8. The Hall–Kier alpha value is -4.12. The maximum absolute atomic E-state index is 12.5. The average molecular weight is 450 g/mol. The number of hydrogen-bond donors (Lipinski definition) is 1. The summed E-state index contributed by atoms with van der Waals surface area (Å²) in [4.78, 5) is 17.3. The molecule has 0 fully saturated rings. The van der Waals surface area contributed by atoms with Crippen molar-refractivity contribution in [2.45, 2.75) is 19.4 Å². The van der Waals surface area contributed by atoms with Gasteiger partial charge in [-0.1, -0.05) is 60.7 Å². The standard InChI is InChI=1S/C29H27N3O2/c1-34-25-14-11-21(12-15-25)19-29(33)30-17-16-28-31-26-8-4-5-9-27(26)32(28)20-22-10-13-23-6-2-3-7-24(23)18-22/h2-15,18H,16-17,19-20H2,1H3,(H,30,33). The fourth-order valence-electron chi connectivity index (χ4n) is 4.32. The van der Waals surface area contributed by atoms with Crippen LogP contribution in [0.25, 0.3) is 21.8 Å². The lowest BCUT2D eigenvalue weighted by atomic mass is 10.1. The number of imidazole rings is 1. The average Bonchev–Trinajstić information content (AvgIpc) is 3.21. The molecule has 5 heteroatoms. The Morgan fingerprint density at radius 1 is 0.882 bits per heavy atom. The van der Waals surface area contributed by atoms with Gasteiger partial charge < -0.3 is 14.6 Å². The van der Waals surface area contributed by atoms with E-state index < -0.39 is 0 Å². The number of aromatic nitrogens is 2. The van der Waals surface area contributed by atoms with E-state index in [0.717, 1.165) is 34.7 Å².